The summed E-state index contributed by atoms with van der Waals surface area (Å²) in [7, 11) is 0. The third kappa shape index (κ3) is 1.13. The molecule has 0 spiro atoms. The van der Waals surface area contributed by atoms with Gasteiger partial charge in [-0.3, -0.25) is 17.4 Å². The molecule has 0 aliphatic rings. The van der Waals surface area contributed by atoms with Crippen LogP contribution in [0, 0.1) is 0 Å². The third-order valence-electron chi connectivity index (χ3n) is 1.89. The van der Waals surface area contributed by atoms with E-state index in [1.54, 1.807) is 0 Å². The van der Waals surface area contributed by atoms with E-state index in [0.29, 0.717) is 5.95 Å². The van der Waals surface area contributed by atoms with Gasteiger partial charge in [0, 0.05) is 0 Å². The fourth-order valence-corrected chi connectivity index (χ4v) is 1.23. The molecule has 13 heavy (non-hydrogen) atoms. The Morgan fingerprint density at radius 3 is 2.46 bits per heavy atom. The highest BCUT2D eigenvalue weighted by Crippen LogP contribution is 2.10. The van der Waals surface area contributed by atoms with Crippen LogP contribution in [0.3, 0.4) is 0 Å². The van der Waals surface area contributed by atoms with E-state index in [9.17, 15) is 0 Å². The van der Waals surface area contributed by atoms with Crippen LogP contribution in [-0.4, -0.2) is 4.68 Å². The molecule has 0 saturated heterocycles. The Balaban J connectivity index is 0.000000845. The van der Waals surface area contributed by atoms with Crippen LogP contribution < -0.4 is 34.5 Å². The van der Waals surface area contributed by atoms with E-state index in [4.69, 9.17) is 17.4 Å². The Labute approximate surface area is 81.1 Å². The summed E-state index contributed by atoms with van der Waals surface area (Å²) < 4.78 is 2.71. The molecular weight excluding hydrogens is 190 g/mol. The predicted octanol–water partition coefficient (Wildman–Crippen LogP) is -4.06. The van der Waals surface area contributed by atoms with Crippen LogP contribution in [0.2, 0.25) is 0 Å². The number of para-hydroxylation sites is 2. The van der Waals surface area contributed by atoms with E-state index < -0.39 is 0 Å². The van der Waals surface area contributed by atoms with Gasteiger partial charge >= 0.3 is 5.95 Å². The second-order valence-electron chi connectivity index (χ2n) is 2.59. The van der Waals surface area contributed by atoms with Gasteiger partial charge < -0.3 is 12.4 Å². The fourth-order valence-electron chi connectivity index (χ4n) is 1.23. The van der Waals surface area contributed by atoms with E-state index in [-0.39, 0.29) is 12.4 Å². The molecule has 2 aromatic rings. The van der Waals surface area contributed by atoms with E-state index in [0.717, 1.165) is 11.0 Å². The van der Waals surface area contributed by atoms with Crippen molar-refractivity contribution in [2.45, 2.75) is 0 Å². The molecule has 5 nitrogen and oxygen atoms in total. The summed E-state index contributed by atoms with van der Waals surface area (Å²) in [6.45, 7) is 0. The number of benzene rings is 1. The van der Waals surface area contributed by atoms with Crippen molar-refractivity contribution < 1.29 is 17.1 Å². The van der Waals surface area contributed by atoms with Gasteiger partial charge in [-0.05, 0) is 12.1 Å². The maximum Gasteiger partial charge on any atom is 0.399 e. The number of aromatic nitrogens is 2. The second kappa shape index (κ2) is 3.02. The summed E-state index contributed by atoms with van der Waals surface area (Å²) in [5.41, 5.74) is 7.22. The molecule has 0 atom stereocenters. The standard InChI is InChI=1S/C7H9N5.ClH/c8-7-11(9)5-3-1-2-4-6(5)12(7)10;/h1-4,8H,9-10H2;1H. The molecule has 70 valence electrons. The van der Waals surface area contributed by atoms with Crippen molar-refractivity contribution in [2.75, 3.05) is 17.4 Å². The number of nitrogens with two attached hydrogens (primary N) is 3. The molecule has 0 saturated carbocycles. The van der Waals surface area contributed by atoms with Crippen LogP contribution in [-0.2, 0) is 0 Å². The first kappa shape index (κ1) is 9.47. The molecule has 2 rings (SSSR count). The highest BCUT2D eigenvalue weighted by Gasteiger charge is 2.15. The highest BCUT2D eigenvalue weighted by molar-refractivity contribution is 5.73. The summed E-state index contributed by atoms with van der Waals surface area (Å²) in [6, 6.07) is 7.47. The first-order valence-electron chi connectivity index (χ1n) is 3.53. The topological polar surface area (TPSA) is 86.9 Å². The van der Waals surface area contributed by atoms with Crippen molar-refractivity contribution in [3.63, 3.8) is 0 Å². The first-order valence-corrected chi connectivity index (χ1v) is 3.53. The molecule has 1 aromatic heterocycles. The van der Waals surface area contributed by atoms with Gasteiger partial charge in [0.25, 0.3) is 0 Å². The fraction of sp³-hybridized carbons (Fsp3) is 0. The van der Waals surface area contributed by atoms with E-state index in [2.05, 4.69) is 0 Å². The number of anilines is 1. The van der Waals surface area contributed by atoms with Crippen molar-refractivity contribution in [1.82, 2.24) is 4.68 Å². The molecular formula is C7H10ClN5. The first-order chi connectivity index (χ1) is 5.72. The predicted molar refractivity (Wildman–Crippen MR) is 46.8 cm³/mol. The van der Waals surface area contributed by atoms with Gasteiger partial charge in [-0.15, -0.1) is 9.35 Å². The average Bonchev–Trinajstić information content (AvgIpc) is 2.33. The lowest BCUT2D eigenvalue weighted by atomic mass is 10.3. The van der Waals surface area contributed by atoms with Gasteiger partial charge in [-0.2, -0.15) is 0 Å². The van der Waals surface area contributed by atoms with E-state index in [1.807, 2.05) is 24.3 Å². The van der Waals surface area contributed by atoms with Crippen LogP contribution in [0.25, 0.3) is 11.0 Å². The molecule has 0 unspecified atom stereocenters. The molecule has 0 bridgehead atoms. The Kier molecular flexibility index (Phi) is 2.20. The number of nitrogen functional groups attached to an aromatic ring is 3. The molecule has 0 fully saturated rings. The lowest BCUT2D eigenvalue weighted by Crippen LogP contribution is -3.00. The van der Waals surface area contributed by atoms with Crippen molar-refractivity contribution >= 4 is 17.0 Å². The number of hydrogen-bond donors (Lipinski definition) is 3. The zero-order valence-corrected chi connectivity index (χ0v) is 7.57. The summed E-state index contributed by atoms with van der Waals surface area (Å²) >= 11 is 0. The number of rotatable bonds is 0. The van der Waals surface area contributed by atoms with Gasteiger partial charge in [0.1, 0.15) is 0 Å². The van der Waals surface area contributed by atoms with Crippen LogP contribution >= 0.6 is 0 Å². The van der Waals surface area contributed by atoms with Crippen molar-refractivity contribution in [1.29, 1.82) is 0 Å². The zero-order chi connectivity index (χ0) is 8.72. The normalized spacial score (nSPS) is 9.85. The van der Waals surface area contributed by atoms with Gasteiger partial charge in [-0.25, -0.2) is 0 Å². The maximum absolute atomic E-state index is 5.63. The van der Waals surface area contributed by atoms with E-state index >= 15 is 0 Å². The highest BCUT2D eigenvalue weighted by atomic mass is 35.5. The summed E-state index contributed by atoms with van der Waals surface area (Å²) in [5, 5.41) is 0. The Morgan fingerprint density at radius 1 is 1.23 bits per heavy atom. The third-order valence-corrected chi connectivity index (χ3v) is 1.89. The number of hydrogen-bond acceptors (Lipinski definition) is 3. The minimum atomic E-state index is 0. The maximum atomic E-state index is 5.63. The number of halogens is 1. The molecule has 6 heteroatoms. The van der Waals surface area contributed by atoms with Crippen molar-refractivity contribution in [2.24, 2.45) is 0 Å². The van der Waals surface area contributed by atoms with Gasteiger partial charge in [0.2, 0.25) is 0 Å². The number of fused-ring (bicyclic) bond motifs is 1. The lowest BCUT2D eigenvalue weighted by molar-refractivity contribution is -0.596. The monoisotopic (exact) mass is 199 g/mol. The number of imidazole rings is 1. The molecule has 1 aromatic carbocycles. The van der Waals surface area contributed by atoms with Crippen LogP contribution in [0.1, 0.15) is 0 Å². The Morgan fingerprint density at radius 2 is 1.85 bits per heavy atom. The van der Waals surface area contributed by atoms with Crippen molar-refractivity contribution in [3.8, 4) is 0 Å². The minimum absolute atomic E-state index is 0. The largest absolute Gasteiger partial charge is 1.00 e. The average molecular weight is 200 g/mol. The zero-order valence-electron chi connectivity index (χ0n) is 6.81. The lowest BCUT2D eigenvalue weighted by Gasteiger charge is -1.86. The SMILES string of the molecule is Nc1n(N)c2ccccc2[n+]1N.[Cl-]. The van der Waals surface area contributed by atoms with Gasteiger partial charge in [0.15, 0.2) is 11.0 Å². The Hall–Kier alpha value is -1.62. The molecule has 6 N–H and O–H groups in total. The second-order valence-corrected chi connectivity index (χ2v) is 2.59. The van der Waals surface area contributed by atoms with Crippen LogP contribution in [0.5, 0.6) is 0 Å². The van der Waals surface area contributed by atoms with Crippen LogP contribution in [0.4, 0.5) is 5.95 Å². The molecule has 0 amide bonds. The number of nitrogens with zero attached hydrogens (tertiary/aromatic N) is 2. The smallest absolute Gasteiger partial charge is 0.399 e. The van der Waals surface area contributed by atoms with Gasteiger partial charge in [0.05, 0.1) is 0 Å². The molecule has 0 aliphatic carbocycles. The Bertz CT molecular complexity index is 397. The van der Waals surface area contributed by atoms with Gasteiger partial charge in [-0.1, -0.05) is 12.1 Å². The van der Waals surface area contributed by atoms with E-state index in [1.165, 1.54) is 9.35 Å². The van der Waals surface area contributed by atoms with Crippen molar-refractivity contribution in [3.05, 3.63) is 24.3 Å². The molecule has 0 radical (unpaired) electrons. The minimum Gasteiger partial charge on any atom is -1.00 e. The molecule has 0 aliphatic heterocycles. The quantitative estimate of drug-likeness (QED) is 0.298. The van der Waals surface area contributed by atoms with Crippen LogP contribution in [0.15, 0.2) is 24.3 Å². The summed E-state index contributed by atoms with van der Waals surface area (Å²) in [4.78, 5) is 0. The summed E-state index contributed by atoms with van der Waals surface area (Å²) in [6.07, 6.45) is 0. The molecule has 1 heterocycles. The summed E-state index contributed by atoms with van der Waals surface area (Å²) in [5.74, 6) is 11.6.